The third-order valence-electron chi connectivity index (χ3n) is 5.83. The van der Waals surface area contributed by atoms with Crippen LogP contribution in [0.2, 0.25) is 0 Å². The van der Waals surface area contributed by atoms with E-state index in [2.05, 4.69) is 10.1 Å². The number of aliphatic hydroxyl groups excluding tert-OH is 2. The molecule has 0 saturated carbocycles. The predicted molar refractivity (Wildman–Crippen MR) is 109 cm³/mol. The van der Waals surface area contributed by atoms with Crippen molar-refractivity contribution in [1.82, 2.24) is 15.0 Å². The lowest BCUT2D eigenvalue weighted by atomic mass is 9.74. The number of amides is 1. The summed E-state index contributed by atoms with van der Waals surface area (Å²) >= 11 is 0. The second-order valence-electron chi connectivity index (χ2n) is 8.13. The lowest BCUT2D eigenvalue weighted by Gasteiger charge is -2.45. The first-order valence-electron chi connectivity index (χ1n) is 10.4. The third kappa shape index (κ3) is 5.03. The van der Waals surface area contributed by atoms with E-state index in [0.717, 1.165) is 17.5 Å². The van der Waals surface area contributed by atoms with Crippen LogP contribution >= 0.6 is 0 Å². The number of nitrogens with zero attached hydrogens (tertiary/aromatic N) is 3. The van der Waals surface area contributed by atoms with Gasteiger partial charge in [0.15, 0.2) is 0 Å². The zero-order valence-corrected chi connectivity index (χ0v) is 17.3. The van der Waals surface area contributed by atoms with E-state index in [1.54, 1.807) is 4.90 Å². The van der Waals surface area contributed by atoms with Crippen molar-refractivity contribution in [2.75, 3.05) is 19.7 Å². The molecule has 0 aliphatic carbocycles. The average molecular weight is 402 g/mol. The Morgan fingerprint density at radius 3 is 2.97 bits per heavy atom. The largest absolute Gasteiger partial charge is 0.396 e. The number of rotatable bonds is 8. The summed E-state index contributed by atoms with van der Waals surface area (Å²) in [5, 5.41) is 24.3. The Bertz CT molecular complexity index is 822. The highest BCUT2D eigenvalue weighted by Gasteiger charge is 2.42. The smallest absolute Gasteiger partial charge is 0.226 e. The number of piperidine rings is 1. The molecule has 0 unspecified atom stereocenters. The van der Waals surface area contributed by atoms with Crippen molar-refractivity contribution >= 4 is 5.91 Å². The maximum Gasteiger partial charge on any atom is 0.226 e. The molecular formula is C22H31N3O4. The number of hydrogen-bond donors (Lipinski definition) is 2. The number of hydrogen-bond acceptors (Lipinski definition) is 6. The van der Waals surface area contributed by atoms with Gasteiger partial charge in [0.05, 0.1) is 12.7 Å². The number of aryl methyl sites for hydroxylation is 2. The molecule has 0 bridgehead atoms. The zero-order valence-electron chi connectivity index (χ0n) is 17.3. The Morgan fingerprint density at radius 1 is 1.41 bits per heavy atom. The highest BCUT2D eigenvalue weighted by molar-refractivity contribution is 5.76. The summed E-state index contributed by atoms with van der Waals surface area (Å²) in [7, 11) is 0. The summed E-state index contributed by atoms with van der Waals surface area (Å²) in [5.74, 6) is 1.13. The molecule has 7 nitrogen and oxygen atoms in total. The molecule has 1 fully saturated rings. The highest BCUT2D eigenvalue weighted by atomic mass is 16.5. The minimum Gasteiger partial charge on any atom is -0.396 e. The lowest BCUT2D eigenvalue weighted by Crippen LogP contribution is -2.55. The maximum absolute atomic E-state index is 12.7. The molecule has 1 aliphatic heterocycles. The van der Waals surface area contributed by atoms with Gasteiger partial charge in [0.2, 0.25) is 17.6 Å². The van der Waals surface area contributed by atoms with Crippen molar-refractivity contribution in [2.45, 2.75) is 58.5 Å². The van der Waals surface area contributed by atoms with Crippen molar-refractivity contribution in [2.24, 2.45) is 5.41 Å². The third-order valence-corrected chi connectivity index (χ3v) is 5.83. The molecular weight excluding hydrogens is 370 g/mol. The normalized spacial score (nSPS) is 22.1. The van der Waals surface area contributed by atoms with E-state index < -0.39 is 11.5 Å². The van der Waals surface area contributed by atoms with Gasteiger partial charge in [0, 0.05) is 36.9 Å². The van der Waals surface area contributed by atoms with Crippen molar-refractivity contribution in [3.8, 4) is 11.4 Å². The highest BCUT2D eigenvalue weighted by Crippen LogP contribution is 2.35. The fourth-order valence-electron chi connectivity index (χ4n) is 4.15. The number of carbonyl (C=O) groups is 1. The van der Waals surface area contributed by atoms with Crippen LogP contribution in [0.4, 0.5) is 0 Å². The van der Waals surface area contributed by atoms with Gasteiger partial charge in [-0.3, -0.25) is 4.79 Å². The second kappa shape index (κ2) is 9.50. The van der Waals surface area contributed by atoms with Crippen LogP contribution in [-0.4, -0.2) is 57.0 Å². The molecule has 0 radical (unpaired) electrons. The molecule has 1 aromatic carbocycles. The van der Waals surface area contributed by atoms with Gasteiger partial charge < -0.3 is 19.6 Å². The summed E-state index contributed by atoms with van der Waals surface area (Å²) in [6.07, 6.45) is 3.06. The van der Waals surface area contributed by atoms with Crippen LogP contribution in [0, 0.1) is 12.3 Å². The monoisotopic (exact) mass is 401 g/mol. The van der Waals surface area contributed by atoms with Crippen LogP contribution in [0.3, 0.4) is 0 Å². The fourth-order valence-corrected chi connectivity index (χ4v) is 4.15. The molecule has 2 heterocycles. The number of carbonyl (C=O) groups excluding carboxylic acids is 1. The topological polar surface area (TPSA) is 99.7 Å². The number of likely N-dealkylation sites (tertiary alicyclic amines) is 1. The first-order chi connectivity index (χ1) is 14.0. The van der Waals surface area contributed by atoms with Crippen LogP contribution < -0.4 is 0 Å². The van der Waals surface area contributed by atoms with E-state index in [1.807, 2.05) is 38.1 Å². The van der Waals surface area contributed by atoms with Gasteiger partial charge in [-0.2, -0.15) is 4.98 Å². The van der Waals surface area contributed by atoms with Gasteiger partial charge in [0.25, 0.3) is 0 Å². The molecule has 1 aliphatic rings. The Hall–Kier alpha value is -2.25. The number of aliphatic hydroxyl groups is 2. The summed E-state index contributed by atoms with van der Waals surface area (Å²) in [6.45, 7) is 4.89. The van der Waals surface area contributed by atoms with Crippen LogP contribution in [0.25, 0.3) is 11.4 Å². The van der Waals surface area contributed by atoms with Gasteiger partial charge >= 0.3 is 0 Å². The molecule has 0 spiro atoms. The van der Waals surface area contributed by atoms with E-state index in [1.165, 1.54) is 0 Å². The fraction of sp³-hybridized carbons (Fsp3) is 0.591. The quantitative estimate of drug-likeness (QED) is 0.706. The first kappa shape index (κ1) is 21.5. The predicted octanol–water partition coefficient (Wildman–Crippen LogP) is 2.74. The number of aromatic nitrogens is 2. The van der Waals surface area contributed by atoms with E-state index in [4.69, 9.17) is 4.52 Å². The molecule has 1 saturated heterocycles. The summed E-state index contributed by atoms with van der Waals surface area (Å²) in [5.41, 5.74) is 1.45. The van der Waals surface area contributed by atoms with E-state index >= 15 is 0 Å². The molecule has 2 atom stereocenters. The van der Waals surface area contributed by atoms with Gasteiger partial charge in [0.1, 0.15) is 0 Å². The van der Waals surface area contributed by atoms with Crippen LogP contribution in [0.1, 0.15) is 50.5 Å². The Morgan fingerprint density at radius 2 is 2.24 bits per heavy atom. The summed E-state index contributed by atoms with van der Waals surface area (Å²) in [4.78, 5) is 18.9. The van der Waals surface area contributed by atoms with Gasteiger partial charge in [-0.25, -0.2) is 0 Å². The molecule has 2 aromatic rings. The van der Waals surface area contributed by atoms with Crippen LogP contribution in [0.5, 0.6) is 0 Å². The Kier molecular flexibility index (Phi) is 7.03. The molecule has 29 heavy (non-hydrogen) atoms. The molecule has 2 N–H and O–H groups in total. The van der Waals surface area contributed by atoms with E-state index in [0.29, 0.717) is 56.9 Å². The zero-order chi connectivity index (χ0) is 20.9. The van der Waals surface area contributed by atoms with Crippen LogP contribution in [-0.2, 0) is 11.2 Å². The standard InChI is InChI=1S/C22H31N3O4/c1-3-11-22(15-26)14-25(12-10-18(22)27)20(28)9-5-8-19-23-21(24-29-19)17-7-4-6-16(2)13-17/h4,6-7,13,18,26-27H,3,5,8-12,14-15H2,1-2H3/t18-,22+/m1/s1. The minimum atomic E-state index is -0.599. The molecule has 1 aromatic heterocycles. The van der Waals surface area contributed by atoms with Crippen molar-refractivity contribution in [1.29, 1.82) is 0 Å². The van der Waals surface area contributed by atoms with E-state index in [-0.39, 0.29) is 12.5 Å². The molecule has 7 heteroatoms. The second-order valence-corrected chi connectivity index (χ2v) is 8.13. The first-order valence-corrected chi connectivity index (χ1v) is 10.4. The summed E-state index contributed by atoms with van der Waals surface area (Å²) < 4.78 is 5.33. The van der Waals surface area contributed by atoms with Gasteiger partial charge in [-0.05, 0) is 32.3 Å². The van der Waals surface area contributed by atoms with Gasteiger partial charge in [-0.15, -0.1) is 0 Å². The molecule has 158 valence electrons. The van der Waals surface area contributed by atoms with Crippen molar-refractivity contribution in [3.63, 3.8) is 0 Å². The van der Waals surface area contributed by atoms with Crippen molar-refractivity contribution < 1.29 is 19.5 Å². The molecule has 1 amide bonds. The van der Waals surface area contributed by atoms with Crippen molar-refractivity contribution in [3.05, 3.63) is 35.7 Å². The summed E-state index contributed by atoms with van der Waals surface area (Å²) in [6, 6.07) is 7.92. The van der Waals surface area contributed by atoms with Crippen LogP contribution in [0.15, 0.2) is 28.8 Å². The Labute approximate surface area is 171 Å². The number of benzene rings is 1. The average Bonchev–Trinajstić information content (AvgIpc) is 3.19. The van der Waals surface area contributed by atoms with E-state index in [9.17, 15) is 15.0 Å². The minimum absolute atomic E-state index is 0.0456. The maximum atomic E-state index is 12.7. The SMILES string of the molecule is CCC[C@@]1(CO)CN(C(=O)CCCc2nc(-c3cccc(C)c3)no2)CC[C@H]1O. The lowest BCUT2D eigenvalue weighted by molar-refractivity contribution is -0.142. The Balaban J connectivity index is 1.52. The van der Waals surface area contributed by atoms with Gasteiger partial charge in [-0.1, -0.05) is 42.3 Å². The molecule has 3 rings (SSSR count).